The first-order valence-electron chi connectivity index (χ1n) is 5.50. The van der Waals surface area contributed by atoms with Crippen molar-refractivity contribution in [1.82, 2.24) is 0 Å². The number of rotatable bonds is 3. The summed E-state index contributed by atoms with van der Waals surface area (Å²) >= 11 is 1.59. The Morgan fingerprint density at radius 1 is 1.25 bits per heavy atom. The summed E-state index contributed by atoms with van der Waals surface area (Å²) in [7, 11) is 0. The summed E-state index contributed by atoms with van der Waals surface area (Å²) in [5.41, 5.74) is 1.35. The van der Waals surface area contributed by atoms with Gasteiger partial charge in [0.1, 0.15) is 5.60 Å². The van der Waals surface area contributed by atoms with Crippen LogP contribution in [0.15, 0.2) is 41.8 Å². The van der Waals surface area contributed by atoms with Crippen molar-refractivity contribution >= 4 is 11.3 Å². The number of benzene rings is 1. The molecule has 0 aliphatic heterocycles. The van der Waals surface area contributed by atoms with E-state index in [9.17, 15) is 5.11 Å². The molecule has 1 heterocycles. The van der Waals surface area contributed by atoms with Gasteiger partial charge in [-0.2, -0.15) is 0 Å². The van der Waals surface area contributed by atoms with Crippen LogP contribution in [0.2, 0.25) is 0 Å². The van der Waals surface area contributed by atoms with E-state index in [2.05, 4.69) is 19.1 Å². The molecule has 1 nitrogen and oxygen atoms in total. The highest BCUT2D eigenvalue weighted by Gasteiger charge is 2.26. The summed E-state index contributed by atoms with van der Waals surface area (Å²) in [6.45, 7) is 3.98. The number of hydrogen-bond acceptors (Lipinski definition) is 2. The number of aryl methyl sites for hydroxylation is 1. The van der Waals surface area contributed by atoms with Gasteiger partial charge in [-0.25, -0.2) is 0 Å². The van der Waals surface area contributed by atoms with E-state index in [1.807, 2.05) is 36.6 Å². The Labute approximate surface area is 100 Å². The van der Waals surface area contributed by atoms with Gasteiger partial charge in [-0.15, -0.1) is 11.3 Å². The molecule has 84 valence electrons. The van der Waals surface area contributed by atoms with Gasteiger partial charge in [-0.05, 0) is 35.9 Å². The number of aliphatic hydroxyl groups is 1. The summed E-state index contributed by atoms with van der Waals surface area (Å²) in [6.07, 6.45) is 0.994. The molecule has 16 heavy (non-hydrogen) atoms. The summed E-state index contributed by atoms with van der Waals surface area (Å²) in [6, 6.07) is 12.1. The minimum Gasteiger partial charge on any atom is -0.380 e. The lowest BCUT2D eigenvalue weighted by Crippen LogP contribution is -2.21. The second-order valence-electron chi connectivity index (χ2n) is 4.10. The fraction of sp³-hybridized carbons (Fsp3) is 0.286. The van der Waals surface area contributed by atoms with E-state index < -0.39 is 5.60 Å². The fourth-order valence-corrected chi connectivity index (χ4v) is 2.60. The van der Waals surface area contributed by atoms with Crippen molar-refractivity contribution in [2.75, 3.05) is 0 Å². The molecular formula is C14H16OS. The molecule has 0 bridgehead atoms. The van der Waals surface area contributed by atoms with Crippen molar-refractivity contribution in [3.05, 3.63) is 57.8 Å². The second-order valence-corrected chi connectivity index (χ2v) is 5.05. The minimum absolute atomic E-state index is 0.876. The monoisotopic (exact) mass is 232 g/mol. The van der Waals surface area contributed by atoms with Crippen molar-refractivity contribution in [3.8, 4) is 0 Å². The Balaban J connectivity index is 2.42. The molecule has 2 rings (SSSR count). The zero-order valence-corrected chi connectivity index (χ0v) is 10.4. The average molecular weight is 232 g/mol. The lowest BCUT2D eigenvalue weighted by molar-refractivity contribution is 0.106. The third kappa shape index (κ3) is 2.04. The molecule has 0 saturated carbocycles. The highest BCUT2D eigenvalue weighted by Crippen LogP contribution is 2.32. The zero-order valence-electron chi connectivity index (χ0n) is 9.60. The maximum atomic E-state index is 10.6. The van der Waals surface area contributed by atoms with Crippen molar-refractivity contribution in [3.63, 3.8) is 0 Å². The summed E-state index contributed by atoms with van der Waals surface area (Å²) in [5.74, 6) is 0. The van der Waals surface area contributed by atoms with Crippen LogP contribution in [0, 0.1) is 0 Å². The molecule has 0 amide bonds. The Bertz CT molecular complexity index is 457. The Kier molecular flexibility index (Phi) is 3.13. The van der Waals surface area contributed by atoms with Crippen LogP contribution in [0.25, 0.3) is 0 Å². The first kappa shape index (κ1) is 11.4. The van der Waals surface area contributed by atoms with E-state index in [0.717, 1.165) is 16.9 Å². The predicted octanol–water partition coefficient (Wildman–Crippen LogP) is 3.57. The largest absolute Gasteiger partial charge is 0.380 e. The van der Waals surface area contributed by atoms with Crippen molar-refractivity contribution < 1.29 is 5.11 Å². The van der Waals surface area contributed by atoms with Crippen molar-refractivity contribution in [2.24, 2.45) is 0 Å². The first-order chi connectivity index (χ1) is 7.64. The smallest absolute Gasteiger partial charge is 0.121 e. The highest BCUT2D eigenvalue weighted by molar-refractivity contribution is 7.10. The van der Waals surface area contributed by atoms with E-state index in [4.69, 9.17) is 0 Å². The maximum absolute atomic E-state index is 10.6. The zero-order chi connectivity index (χ0) is 11.6. The Morgan fingerprint density at radius 3 is 2.69 bits per heavy atom. The third-order valence-corrected chi connectivity index (χ3v) is 3.98. The van der Waals surface area contributed by atoms with Gasteiger partial charge < -0.3 is 5.11 Å². The van der Waals surface area contributed by atoms with Crippen LogP contribution in [0.4, 0.5) is 0 Å². The molecule has 0 spiro atoms. The number of hydrogen-bond donors (Lipinski definition) is 1. The van der Waals surface area contributed by atoms with E-state index >= 15 is 0 Å². The maximum Gasteiger partial charge on any atom is 0.121 e. The molecule has 2 heteroatoms. The summed E-state index contributed by atoms with van der Waals surface area (Å²) in [4.78, 5) is 0.987. The molecule has 1 aromatic carbocycles. The van der Waals surface area contributed by atoms with Crippen LogP contribution in [0.3, 0.4) is 0 Å². The van der Waals surface area contributed by atoms with Gasteiger partial charge in [-0.1, -0.05) is 37.3 Å². The molecule has 0 aliphatic carbocycles. The standard InChI is InChI=1S/C14H16OS/c1-3-11-6-4-7-12(10-11)14(2,15)13-8-5-9-16-13/h4-10,15H,3H2,1-2H3. The van der Waals surface area contributed by atoms with Gasteiger partial charge in [0.25, 0.3) is 0 Å². The molecule has 1 N–H and O–H groups in total. The Hall–Kier alpha value is -1.12. The Morgan fingerprint density at radius 2 is 2.06 bits per heavy atom. The van der Waals surface area contributed by atoms with Gasteiger partial charge in [0.15, 0.2) is 0 Å². The van der Waals surface area contributed by atoms with Crippen LogP contribution in [0.5, 0.6) is 0 Å². The van der Waals surface area contributed by atoms with E-state index in [0.29, 0.717) is 0 Å². The molecule has 0 radical (unpaired) electrons. The SMILES string of the molecule is CCc1cccc(C(C)(O)c2cccs2)c1. The van der Waals surface area contributed by atoms with Crippen molar-refractivity contribution in [2.45, 2.75) is 25.9 Å². The topological polar surface area (TPSA) is 20.2 Å². The van der Waals surface area contributed by atoms with Gasteiger partial charge >= 0.3 is 0 Å². The molecule has 0 aliphatic rings. The van der Waals surface area contributed by atoms with Crippen LogP contribution < -0.4 is 0 Å². The number of thiophene rings is 1. The normalized spacial score (nSPS) is 14.7. The van der Waals surface area contributed by atoms with Gasteiger partial charge in [0.2, 0.25) is 0 Å². The molecule has 2 aromatic rings. The molecule has 1 atom stereocenters. The van der Waals surface area contributed by atoms with Gasteiger partial charge in [0, 0.05) is 4.88 Å². The van der Waals surface area contributed by atoms with Gasteiger partial charge in [0.05, 0.1) is 0 Å². The molecule has 1 unspecified atom stereocenters. The lowest BCUT2D eigenvalue weighted by Gasteiger charge is -2.23. The van der Waals surface area contributed by atoms with Gasteiger partial charge in [-0.3, -0.25) is 0 Å². The summed E-state index contributed by atoms with van der Waals surface area (Å²) in [5, 5.41) is 12.6. The van der Waals surface area contributed by atoms with Crippen LogP contribution >= 0.6 is 11.3 Å². The fourth-order valence-electron chi connectivity index (χ4n) is 1.79. The molecule has 1 aromatic heterocycles. The molecular weight excluding hydrogens is 216 g/mol. The van der Waals surface area contributed by atoms with Crippen LogP contribution in [0.1, 0.15) is 29.9 Å². The second kappa shape index (κ2) is 4.40. The lowest BCUT2D eigenvalue weighted by atomic mass is 9.92. The average Bonchev–Trinajstić information content (AvgIpc) is 2.83. The van der Waals surface area contributed by atoms with E-state index in [1.54, 1.807) is 11.3 Å². The molecule has 0 saturated heterocycles. The van der Waals surface area contributed by atoms with Crippen molar-refractivity contribution in [1.29, 1.82) is 0 Å². The minimum atomic E-state index is -0.876. The van der Waals surface area contributed by atoms with Crippen LogP contribution in [-0.2, 0) is 12.0 Å². The predicted molar refractivity (Wildman–Crippen MR) is 68.8 cm³/mol. The highest BCUT2D eigenvalue weighted by atomic mass is 32.1. The van der Waals surface area contributed by atoms with Crippen LogP contribution in [-0.4, -0.2) is 5.11 Å². The third-order valence-electron chi connectivity index (χ3n) is 2.90. The van der Waals surface area contributed by atoms with E-state index in [1.165, 1.54) is 5.56 Å². The molecule has 0 fully saturated rings. The van der Waals surface area contributed by atoms with E-state index in [-0.39, 0.29) is 0 Å². The summed E-state index contributed by atoms with van der Waals surface area (Å²) < 4.78 is 0. The quantitative estimate of drug-likeness (QED) is 0.857. The first-order valence-corrected chi connectivity index (χ1v) is 6.38.